The summed E-state index contributed by atoms with van der Waals surface area (Å²) in [4.78, 5) is 63.0. The summed E-state index contributed by atoms with van der Waals surface area (Å²) in [6.45, 7) is 1.91. The molecule has 2 aliphatic rings. The van der Waals surface area contributed by atoms with Crippen molar-refractivity contribution in [3.63, 3.8) is 0 Å². The van der Waals surface area contributed by atoms with Crippen LogP contribution in [0.3, 0.4) is 0 Å². The zero-order chi connectivity index (χ0) is 39.6. The Morgan fingerprint density at radius 1 is 1.04 bits per heavy atom. The Morgan fingerprint density at radius 3 is 2.36 bits per heavy atom. The highest BCUT2D eigenvalue weighted by Crippen LogP contribution is 2.55. The number of Topliss-reactive ketones (excluding diaryl/α,β-unsaturated/α-hetero) is 2. The topological polar surface area (TPSA) is 175 Å². The van der Waals surface area contributed by atoms with Crippen LogP contribution in [0.4, 0.5) is 0 Å². The highest BCUT2D eigenvalue weighted by molar-refractivity contribution is 7.98. The van der Waals surface area contributed by atoms with Gasteiger partial charge in [-0.25, -0.2) is 4.98 Å². The molecule has 3 aromatic carbocycles. The van der Waals surface area contributed by atoms with E-state index in [1.54, 1.807) is 31.2 Å². The molecule has 1 aromatic heterocycles. The minimum absolute atomic E-state index is 0.0194. The molecule has 2 heterocycles. The summed E-state index contributed by atoms with van der Waals surface area (Å²) in [5, 5.41) is 15.4. The number of aromatic amines is 1. The number of ketones is 2. The second-order valence-electron chi connectivity index (χ2n) is 12.9. The quantitative estimate of drug-likeness (QED) is 0.0958. The molecule has 1 aliphatic heterocycles. The number of methoxy groups -OCH3 is 4. The molecular weight excluding hydrogens is 770 g/mol. The van der Waals surface area contributed by atoms with E-state index in [0.29, 0.717) is 45.3 Å². The number of hydrogen-bond acceptors (Lipinski definition) is 13. The van der Waals surface area contributed by atoms with E-state index in [1.807, 2.05) is 18.4 Å². The lowest BCUT2D eigenvalue weighted by Gasteiger charge is -2.38. The van der Waals surface area contributed by atoms with Gasteiger partial charge < -0.3 is 39.1 Å². The summed E-state index contributed by atoms with van der Waals surface area (Å²) in [5.74, 6) is -1.18. The Balaban J connectivity index is 1.23. The number of fused-ring (bicyclic) bond motifs is 2. The first-order chi connectivity index (χ1) is 26.4. The fourth-order valence-corrected chi connectivity index (χ4v) is 8.43. The molecule has 0 fully saturated rings. The van der Waals surface area contributed by atoms with Gasteiger partial charge in [-0.05, 0) is 30.0 Å². The molecule has 290 valence electrons. The van der Waals surface area contributed by atoms with Crippen LogP contribution < -0.4 is 34.6 Å². The number of nitrogens with zero attached hydrogens (tertiary/aromatic N) is 1. The molecule has 13 nitrogen and oxygen atoms in total. The molecule has 0 bridgehead atoms. The number of aromatic nitrogens is 2. The average Bonchev–Trinajstić information content (AvgIpc) is 3.50. The van der Waals surface area contributed by atoms with E-state index in [4.69, 9.17) is 35.3 Å². The Morgan fingerprint density at radius 2 is 1.71 bits per heavy atom. The van der Waals surface area contributed by atoms with Crippen LogP contribution in [0.1, 0.15) is 47.4 Å². The fraction of sp³-hybridized carbons (Fsp3) is 0.359. The van der Waals surface area contributed by atoms with Crippen LogP contribution in [-0.4, -0.2) is 85.1 Å². The van der Waals surface area contributed by atoms with Crippen LogP contribution in [0.25, 0.3) is 10.9 Å². The lowest BCUT2D eigenvalue weighted by molar-refractivity contribution is -0.121. The number of H-pyrrole nitrogens is 1. The van der Waals surface area contributed by atoms with Crippen molar-refractivity contribution in [2.24, 2.45) is 5.92 Å². The van der Waals surface area contributed by atoms with Crippen molar-refractivity contribution in [2.45, 2.75) is 41.9 Å². The molecule has 6 rings (SSSR count). The number of carbonyl (C=O) groups excluding carboxylic acids is 3. The third-order valence-electron chi connectivity index (χ3n) is 9.83. The van der Waals surface area contributed by atoms with Crippen molar-refractivity contribution in [3.05, 3.63) is 86.1 Å². The Labute approximate surface area is 330 Å². The largest absolute Gasteiger partial charge is 0.507 e. The van der Waals surface area contributed by atoms with Gasteiger partial charge in [0.25, 0.3) is 5.56 Å². The highest BCUT2D eigenvalue weighted by atomic mass is 35.5. The first-order valence-corrected chi connectivity index (χ1v) is 20.0. The van der Waals surface area contributed by atoms with Crippen LogP contribution in [0.2, 0.25) is 5.02 Å². The maximum atomic E-state index is 14.4. The number of amides is 1. The molecule has 3 unspecified atom stereocenters. The molecule has 55 heavy (non-hydrogen) atoms. The summed E-state index contributed by atoms with van der Waals surface area (Å²) in [6.07, 6.45) is 1.58. The maximum Gasteiger partial charge on any atom is 0.258 e. The lowest BCUT2D eigenvalue weighted by atomic mass is 9.69. The lowest BCUT2D eigenvalue weighted by Crippen LogP contribution is -2.53. The zero-order valence-electron chi connectivity index (χ0n) is 31.0. The van der Waals surface area contributed by atoms with E-state index in [2.05, 4.69) is 15.3 Å². The monoisotopic (exact) mass is 809 g/mol. The summed E-state index contributed by atoms with van der Waals surface area (Å²) >= 11 is 9.60. The molecule has 0 saturated heterocycles. The summed E-state index contributed by atoms with van der Waals surface area (Å²) in [5.41, 5.74) is -1.30. The zero-order valence-corrected chi connectivity index (χ0v) is 33.4. The van der Waals surface area contributed by atoms with E-state index in [9.17, 15) is 24.3 Å². The van der Waals surface area contributed by atoms with Crippen LogP contribution >= 0.6 is 35.1 Å². The third kappa shape index (κ3) is 7.32. The summed E-state index contributed by atoms with van der Waals surface area (Å²) < 4.78 is 27.8. The van der Waals surface area contributed by atoms with Gasteiger partial charge in [0.1, 0.15) is 27.9 Å². The van der Waals surface area contributed by atoms with Gasteiger partial charge >= 0.3 is 0 Å². The number of thioether (sulfide) groups is 2. The van der Waals surface area contributed by atoms with Crippen molar-refractivity contribution in [1.29, 1.82) is 0 Å². The number of allylic oxidation sites excluding steroid dienone is 1. The fourth-order valence-electron chi connectivity index (χ4n) is 7.03. The summed E-state index contributed by atoms with van der Waals surface area (Å²) in [7, 11) is 5.79. The Kier molecular flexibility index (Phi) is 11.9. The van der Waals surface area contributed by atoms with Gasteiger partial charge in [-0.2, -0.15) is 11.8 Å². The summed E-state index contributed by atoms with van der Waals surface area (Å²) in [6, 6.07) is 12.0. The number of ether oxygens (including phenoxy) is 5. The van der Waals surface area contributed by atoms with Crippen LogP contribution in [0, 0.1) is 5.92 Å². The third-order valence-corrected chi connectivity index (χ3v) is 11.9. The number of rotatable bonds is 14. The molecule has 1 aliphatic carbocycles. The number of aliphatic hydroxyl groups excluding tert-OH is 1. The van der Waals surface area contributed by atoms with E-state index >= 15 is 0 Å². The first-order valence-electron chi connectivity index (χ1n) is 17.2. The van der Waals surface area contributed by atoms with Crippen molar-refractivity contribution in [2.75, 3.05) is 47.0 Å². The predicted octanol–water partition coefficient (Wildman–Crippen LogP) is 6.29. The van der Waals surface area contributed by atoms with E-state index in [1.165, 1.54) is 58.0 Å². The van der Waals surface area contributed by atoms with E-state index < -0.39 is 34.8 Å². The molecule has 3 N–H and O–H groups in total. The van der Waals surface area contributed by atoms with Crippen molar-refractivity contribution in [1.82, 2.24) is 15.3 Å². The molecular formula is C39H40ClN3O10S2. The molecule has 1 spiro atoms. The van der Waals surface area contributed by atoms with Crippen LogP contribution in [0.15, 0.2) is 63.5 Å². The van der Waals surface area contributed by atoms with Gasteiger partial charge in [0.2, 0.25) is 17.3 Å². The van der Waals surface area contributed by atoms with Gasteiger partial charge in [-0.1, -0.05) is 30.7 Å². The van der Waals surface area contributed by atoms with E-state index in [0.717, 1.165) is 4.90 Å². The normalized spacial score (nSPS) is 18.3. The maximum absolute atomic E-state index is 14.4. The average molecular weight is 810 g/mol. The Bertz CT molecular complexity index is 2260. The van der Waals surface area contributed by atoms with Crippen molar-refractivity contribution >= 4 is 63.5 Å². The van der Waals surface area contributed by atoms with Gasteiger partial charge in [-0.15, -0.1) is 11.8 Å². The predicted molar refractivity (Wildman–Crippen MR) is 211 cm³/mol. The minimum atomic E-state index is -1.99. The van der Waals surface area contributed by atoms with Gasteiger partial charge in [0.15, 0.2) is 28.8 Å². The number of hydrogen-bond donors (Lipinski definition) is 3. The van der Waals surface area contributed by atoms with Gasteiger partial charge in [0, 0.05) is 59.6 Å². The second kappa shape index (κ2) is 16.5. The Hall–Kier alpha value is -4.86. The SMILES string of the molecule is COc1cc2nc(CSCCNC(=O)CC(C3=C(O)C4(Oc5c(Cl)c(OC)cc(OC)c5C4=O)C(C)CC3=O)c3ccc(SC)cc3)[nH]c(=O)c2cc1OC. The molecule has 0 radical (unpaired) electrons. The smallest absolute Gasteiger partial charge is 0.258 e. The first kappa shape index (κ1) is 39.8. The van der Waals surface area contributed by atoms with E-state index in [-0.39, 0.29) is 64.3 Å². The second-order valence-corrected chi connectivity index (χ2v) is 15.3. The van der Waals surface area contributed by atoms with Crippen LogP contribution in [-0.2, 0) is 15.3 Å². The van der Waals surface area contributed by atoms with Crippen molar-refractivity contribution in [3.8, 4) is 28.7 Å². The highest BCUT2D eigenvalue weighted by Gasteiger charge is 2.61. The van der Waals surface area contributed by atoms with Crippen molar-refractivity contribution < 1.29 is 43.2 Å². The molecule has 4 aromatic rings. The molecule has 3 atom stereocenters. The van der Waals surface area contributed by atoms with Gasteiger partial charge in [0.05, 0.1) is 45.1 Å². The number of nitrogens with one attached hydrogen (secondary N) is 2. The number of benzene rings is 3. The number of halogens is 1. The number of carbonyl (C=O) groups is 3. The standard InChI is InChI=1S/C39H40ClN3O10S2/c1-19-13-25(44)32(36(46)39(19)37(47)33-28(51-4)17-29(52-5)34(40)35(33)53-39)22(20-7-9-21(54-6)10-8-20)15-31(45)41-11-12-55-18-30-42-24-16-27(50-3)26(49-2)14-23(24)38(48)43-30/h7-10,14,16-17,19,22,46H,11-13,15,18H2,1-6H3,(H,41,45)(H,42,43,48). The van der Waals surface area contributed by atoms with Gasteiger partial charge in [-0.3, -0.25) is 19.2 Å². The molecule has 16 heteroatoms. The molecule has 0 saturated carbocycles. The number of aliphatic hydroxyl groups is 1. The molecule has 1 amide bonds. The van der Waals surface area contributed by atoms with Crippen LogP contribution in [0.5, 0.6) is 28.7 Å². The minimum Gasteiger partial charge on any atom is -0.507 e.